The molecule has 0 spiro atoms. The normalized spacial score (nSPS) is 21.7. The maximum Gasteiger partial charge on any atom is 0.223 e. The van der Waals surface area contributed by atoms with Gasteiger partial charge in [0.25, 0.3) is 0 Å². The summed E-state index contributed by atoms with van der Waals surface area (Å²) in [6.07, 6.45) is 5.29. The molecule has 0 atom stereocenters. The van der Waals surface area contributed by atoms with Crippen LogP contribution in [0.3, 0.4) is 0 Å². The van der Waals surface area contributed by atoms with Gasteiger partial charge < -0.3 is 5.73 Å². The lowest BCUT2D eigenvalue weighted by Crippen LogP contribution is -2.42. The molecule has 10 heavy (non-hydrogen) atoms. The zero-order chi connectivity index (χ0) is 7.61. The zero-order valence-electron chi connectivity index (χ0n) is 6.52. The molecule has 2 nitrogen and oxygen atoms in total. The molecule has 0 heterocycles. The van der Waals surface area contributed by atoms with Gasteiger partial charge in [-0.25, -0.2) is 0 Å². The Bertz CT molecular complexity index is 138. The molecule has 0 aromatic carbocycles. The number of hydrogen-bond acceptors (Lipinski definition) is 1. The summed E-state index contributed by atoms with van der Waals surface area (Å²) in [5.41, 5.74) is 5.19. The van der Waals surface area contributed by atoms with Gasteiger partial charge in [-0.1, -0.05) is 19.8 Å². The van der Waals surface area contributed by atoms with Crippen LogP contribution in [0.15, 0.2) is 0 Å². The Balaban J connectivity index is 2.50. The molecule has 0 aliphatic heterocycles. The Labute approximate surface area is 61.8 Å². The van der Waals surface area contributed by atoms with Crippen molar-refractivity contribution in [2.24, 2.45) is 11.1 Å². The molecule has 1 rings (SSSR count). The Morgan fingerprint density at radius 2 is 2.20 bits per heavy atom. The third kappa shape index (κ3) is 1.02. The minimum absolute atomic E-state index is 0.0828. The van der Waals surface area contributed by atoms with Crippen molar-refractivity contribution in [1.29, 1.82) is 0 Å². The summed E-state index contributed by atoms with van der Waals surface area (Å²) in [5.74, 6) is -0.0828. The first kappa shape index (κ1) is 7.58. The van der Waals surface area contributed by atoms with Gasteiger partial charge in [-0.2, -0.15) is 0 Å². The van der Waals surface area contributed by atoms with Crippen LogP contribution in [0.5, 0.6) is 0 Å². The number of hydrogen-bond donors (Lipinski definition) is 1. The van der Waals surface area contributed by atoms with Crippen LogP contribution in [0.1, 0.15) is 39.0 Å². The largest absolute Gasteiger partial charge is 0.369 e. The number of amides is 1. The maximum absolute atomic E-state index is 10.9. The van der Waals surface area contributed by atoms with Gasteiger partial charge in [0.15, 0.2) is 0 Å². The lowest BCUT2D eigenvalue weighted by Gasteiger charge is -2.38. The third-order valence-corrected chi connectivity index (χ3v) is 2.56. The fourth-order valence-corrected chi connectivity index (χ4v) is 1.70. The van der Waals surface area contributed by atoms with Gasteiger partial charge >= 0.3 is 0 Å². The third-order valence-electron chi connectivity index (χ3n) is 2.56. The van der Waals surface area contributed by atoms with Crippen molar-refractivity contribution in [1.82, 2.24) is 0 Å². The molecular weight excluding hydrogens is 126 g/mol. The van der Waals surface area contributed by atoms with Crippen molar-refractivity contribution in [3.8, 4) is 0 Å². The molecule has 0 aromatic rings. The predicted octanol–water partition coefficient (Wildman–Crippen LogP) is 1.44. The van der Waals surface area contributed by atoms with E-state index in [-0.39, 0.29) is 11.3 Å². The fourth-order valence-electron chi connectivity index (χ4n) is 1.70. The Hall–Kier alpha value is -0.530. The second-order valence-electron chi connectivity index (χ2n) is 3.25. The van der Waals surface area contributed by atoms with Gasteiger partial charge in [-0.05, 0) is 19.3 Å². The van der Waals surface area contributed by atoms with Gasteiger partial charge in [0, 0.05) is 5.41 Å². The summed E-state index contributed by atoms with van der Waals surface area (Å²) < 4.78 is 0. The van der Waals surface area contributed by atoms with E-state index in [1.807, 2.05) is 0 Å². The lowest BCUT2D eigenvalue weighted by molar-refractivity contribution is -0.133. The summed E-state index contributed by atoms with van der Waals surface area (Å²) in [6.45, 7) is 2.10. The van der Waals surface area contributed by atoms with Gasteiger partial charge in [0.05, 0.1) is 0 Å². The Kier molecular flexibility index (Phi) is 1.97. The molecule has 1 aliphatic rings. The van der Waals surface area contributed by atoms with Crippen molar-refractivity contribution in [2.75, 3.05) is 0 Å². The second-order valence-corrected chi connectivity index (χ2v) is 3.25. The molecule has 0 radical (unpaired) electrons. The van der Waals surface area contributed by atoms with Crippen molar-refractivity contribution >= 4 is 5.91 Å². The first-order chi connectivity index (χ1) is 4.71. The molecule has 0 bridgehead atoms. The Morgan fingerprint density at radius 1 is 1.60 bits per heavy atom. The molecule has 2 heteroatoms. The summed E-state index contributed by atoms with van der Waals surface area (Å²) >= 11 is 0. The summed E-state index contributed by atoms with van der Waals surface area (Å²) in [4.78, 5) is 10.9. The van der Waals surface area contributed by atoms with Crippen molar-refractivity contribution in [3.63, 3.8) is 0 Å². The van der Waals surface area contributed by atoms with Gasteiger partial charge in [-0.3, -0.25) is 4.79 Å². The van der Waals surface area contributed by atoms with Crippen LogP contribution >= 0.6 is 0 Å². The highest BCUT2D eigenvalue weighted by Crippen LogP contribution is 2.44. The molecule has 1 saturated carbocycles. The van der Waals surface area contributed by atoms with E-state index < -0.39 is 0 Å². The number of primary amides is 1. The first-order valence-electron chi connectivity index (χ1n) is 4.01. The van der Waals surface area contributed by atoms with Crippen molar-refractivity contribution in [2.45, 2.75) is 39.0 Å². The van der Waals surface area contributed by atoms with E-state index >= 15 is 0 Å². The highest BCUT2D eigenvalue weighted by atomic mass is 16.1. The van der Waals surface area contributed by atoms with Crippen LogP contribution in [0.25, 0.3) is 0 Å². The molecular formula is C8H15NO. The number of carbonyl (C=O) groups is 1. The number of nitrogens with two attached hydrogens (primary N) is 1. The molecule has 58 valence electrons. The SMILES string of the molecule is CCCC1(C(N)=O)CCC1. The van der Waals surface area contributed by atoms with Crippen molar-refractivity contribution < 1.29 is 4.79 Å². The summed E-state index contributed by atoms with van der Waals surface area (Å²) in [7, 11) is 0. The van der Waals surface area contributed by atoms with Gasteiger partial charge in [-0.15, -0.1) is 0 Å². The van der Waals surface area contributed by atoms with Crippen LogP contribution in [-0.4, -0.2) is 5.91 Å². The van der Waals surface area contributed by atoms with Crippen LogP contribution < -0.4 is 5.73 Å². The van der Waals surface area contributed by atoms with Crippen molar-refractivity contribution in [3.05, 3.63) is 0 Å². The molecule has 1 amide bonds. The van der Waals surface area contributed by atoms with Crippen LogP contribution in [0.2, 0.25) is 0 Å². The second kappa shape index (κ2) is 2.60. The highest BCUT2D eigenvalue weighted by molar-refractivity contribution is 5.81. The van der Waals surface area contributed by atoms with Crippen LogP contribution in [0.4, 0.5) is 0 Å². The van der Waals surface area contributed by atoms with E-state index in [0.717, 1.165) is 25.7 Å². The summed E-state index contributed by atoms with van der Waals surface area (Å²) in [5, 5.41) is 0. The molecule has 1 fully saturated rings. The van der Waals surface area contributed by atoms with E-state index in [4.69, 9.17) is 5.73 Å². The molecule has 1 aliphatic carbocycles. The van der Waals surface area contributed by atoms with Gasteiger partial charge in [0.1, 0.15) is 0 Å². The minimum atomic E-state index is -0.0885. The topological polar surface area (TPSA) is 43.1 Å². The average molecular weight is 141 g/mol. The molecule has 0 saturated heterocycles. The van der Waals surface area contributed by atoms with E-state index in [1.165, 1.54) is 6.42 Å². The molecule has 0 aromatic heterocycles. The lowest BCUT2D eigenvalue weighted by atomic mass is 9.66. The Morgan fingerprint density at radius 3 is 2.30 bits per heavy atom. The van der Waals surface area contributed by atoms with E-state index in [0.29, 0.717) is 0 Å². The molecule has 2 N–H and O–H groups in total. The fraction of sp³-hybridized carbons (Fsp3) is 0.875. The van der Waals surface area contributed by atoms with Gasteiger partial charge in [0.2, 0.25) is 5.91 Å². The van der Waals surface area contributed by atoms with E-state index in [1.54, 1.807) is 0 Å². The highest BCUT2D eigenvalue weighted by Gasteiger charge is 2.41. The van der Waals surface area contributed by atoms with Crippen LogP contribution in [0, 0.1) is 5.41 Å². The zero-order valence-corrected chi connectivity index (χ0v) is 6.52. The standard InChI is InChI=1S/C8H15NO/c1-2-4-8(7(9)10)5-3-6-8/h2-6H2,1H3,(H2,9,10). The monoisotopic (exact) mass is 141 g/mol. The first-order valence-corrected chi connectivity index (χ1v) is 4.01. The minimum Gasteiger partial charge on any atom is -0.369 e. The van der Waals surface area contributed by atoms with E-state index in [2.05, 4.69) is 6.92 Å². The number of rotatable bonds is 3. The quantitative estimate of drug-likeness (QED) is 0.635. The van der Waals surface area contributed by atoms with E-state index in [9.17, 15) is 4.79 Å². The predicted molar refractivity (Wildman–Crippen MR) is 40.4 cm³/mol. The molecule has 0 unspecified atom stereocenters. The number of carbonyl (C=O) groups excluding carboxylic acids is 1. The van der Waals surface area contributed by atoms with Crippen LogP contribution in [-0.2, 0) is 4.79 Å². The maximum atomic E-state index is 10.9. The summed E-state index contributed by atoms with van der Waals surface area (Å²) in [6, 6.07) is 0. The average Bonchev–Trinajstić information content (AvgIpc) is 1.77. The smallest absolute Gasteiger partial charge is 0.223 e.